The maximum absolute atomic E-state index is 12.4. The van der Waals surface area contributed by atoms with Gasteiger partial charge in [-0.1, -0.05) is 30.3 Å². The highest BCUT2D eigenvalue weighted by molar-refractivity contribution is 7.17. The normalized spacial score (nSPS) is 10.7. The van der Waals surface area contributed by atoms with Crippen LogP contribution in [0.1, 0.15) is 15.9 Å². The molecule has 0 atom stereocenters. The zero-order valence-corrected chi connectivity index (χ0v) is 12.4. The summed E-state index contributed by atoms with van der Waals surface area (Å²) in [6.07, 6.45) is 0. The molecule has 1 amide bonds. The maximum atomic E-state index is 12.4. The summed E-state index contributed by atoms with van der Waals surface area (Å²) in [6.45, 7) is 0.525. The minimum Gasteiger partial charge on any atom is -0.507 e. The second kappa shape index (κ2) is 5.58. The van der Waals surface area contributed by atoms with E-state index < -0.39 is 0 Å². The molecule has 4 heteroatoms. The zero-order chi connectivity index (χ0) is 14.8. The predicted molar refractivity (Wildman–Crippen MR) is 85.7 cm³/mol. The van der Waals surface area contributed by atoms with Gasteiger partial charge in [0.2, 0.25) is 0 Å². The molecule has 0 aliphatic carbocycles. The van der Waals surface area contributed by atoms with Crippen LogP contribution in [0.15, 0.2) is 53.9 Å². The summed E-state index contributed by atoms with van der Waals surface area (Å²) in [5, 5.41) is 13.0. The molecule has 0 bridgehead atoms. The first kappa shape index (κ1) is 13.6. The van der Waals surface area contributed by atoms with E-state index in [4.69, 9.17) is 0 Å². The number of hydrogen-bond acceptors (Lipinski definition) is 3. The molecule has 0 fully saturated rings. The van der Waals surface area contributed by atoms with Gasteiger partial charge >= 0.3 is 0 Å². The standard InChI is InChI=1S/C17H15NO2S/c1-18(17(20)14-7-2-4-8-15(14)19)10-12-11-21-16-9-5-3-6-13(12)16/h2-9,11,19H,10H2,1H3. The summed E-state index contributed by atoms with van der Waals surface area (Å²) in [5.74, 6) is -0.159. The van der Waals surface area contributed by atoms with E-state index in [1.165, 1.54) is 16.2 Å². The van der Waals surface area contributed by atoms with Crippen LogP contribution in [0.25, 0.3) is 10.1 Å². The van der Waals surface area contributed by atoms with Gasteiger partial charge < -0.3 is 10.0 Å². The molecule has 3 aromatic rings. The molecule has 0 aliphatic rings. The molecule has 1 heterocycles. The highest BCUT2D eigenvalue weighted by Gasteiger charge is 2.16. The Balaban J connectivity index is 1.85. The second-order valence-corrected chi connectivity index (χ2v) is 5.85. The molecule has 3 rings (SSSR count). The summed E-state index contributed by atoms with van der Waals surface area (Å²) >= 11 is 1.68. The Hall–Kier alpha value is -2.33. The van der Waals surface area contributed by atoms with Gasteiger partial charge in [0.25, 0.3) is 5.91 Å². The number of hydrogen-bond donors (Lipinski definition) is 1. The first-order chi connectivity index (χ1) is 10.2. The number of nitrogens with zero attached hydrogens (tertiary/aromatic N) is 1. The van der Waals surface area contributed by atoms with Gasteiger partial charge in [0.05, 0.1) is 5.56 Å². The Morgan fingerprint density at radius 2 is 1.86 bits per heavy atom. The van der Waals surface area contributed by atoms with Crippen molar-refractivity contribution in [3.63, 3.8) is 0 Å². The van der Waals surface area contributed by atoms with Gasteiger partial charge in [-0.15, -0.1) is 11.3 Å². The monoisotopic (exact) mass is 297 g/mol. The molecule has 21 heavy (non-hydrogen) atoms. The van der Waals surface area contributed by atoms with Crippen molar-refractivity contribution in [3.05, 3.63) is 65.0 Å². The number of phenols is 1. The number of aromatic hydroxyl groups is 1. The van der Waals surface area contributed by atoms with E-state index in [-0.39, 0.29) is 11.7 Å². The summed E-state index contributed by atoms with van der Waals surface area (Å²) < 4.78 is 1.22. The molecule has 0 spiro atoms. The minimum absolute atomic E-state index is 0.0181. The van der Waals surface area contributed by atoms with Crippen LogP contribution in [0.3, 0.4) is 0 Å². The van der Waals surface area contributed by atoms with E-state index >= 15 is 0 Å². The van der Waals surface area contributed by atoms with E-state index in [0.29, 0.717) is 12.1 Å². The van der Waals surface area contributed by atoms with Crippen LogP contribution in [0.4, 0.5) is 0 Å². The molecule has 1 N–H and O–H groups in total. The molecule has 0 unspecified atom stereocenters. The number of thiophene rings is 1. The van der Waals surface area contributed by atoms with Crippen molar-refractivity contribution in [2.45, 2.75) is 6.54 Å². The van der Waals surface area contributed by atoms with Gasteiger partial charge in [0.1, 0.15) is 5.75 Å². The summed E-state index contributed by atoms with van der Waals surface area (Å²) in [6, 6.07) is 14.8. The first-order valence-electron chi connectivity index (χ1n) is 6.65. The van der Waals surface area contributed by atoms with Crippen LogP contribution >= 0.6 is 11.3 Å². The molecular formula is C17H15NO2S. The SMILES string of the molecule is CN(Cc1csc2ccccc12)C(=O)c1ccccc1O. The van der Waals surface area contributed by atoms with E-state index in [9.17, 15) is 9.90 Å². The lowest BCUT2D eigenvalue weighted by atomic mass is 10.1. The fraction of sp³-hybridized carbons (Fsp3) is 0.118. The Morgan fingerprint density at radius 1 is 1.14 bits per heavy atom. The van der Waals surface area contributed by atoms with Crippen molar-refractivity contribution in [3.8, 4) is 5.75 Å². The number of carbonyl (C=O) groups excluding carboxylic acids is 1. The van der Waals surface area contributed by atoms with Crippen LogP contribution in [0, 0.1) is 0 Å². The fourth-order valence-electron chi connectivity index (χ4n) is 2.34. The first-order valence-corrected chi connectivity index (χ1v) is 7.53. The average Bonchev–Trinajstić information content (AvgIpc) is 2.90. The van der Waals surface area contributed by atoms with Crippen LogP contribution in [-0.2, 0) is 6.54 Å². The Bertz CT molecular complexity index is 794. The van der Waals surface area contributed by atoms with E-state index in [1.54, 1.807) is 41.5 Å². The van der Waals surface area contributed by atoms with Gasteiger partial charge in [0, 0.05) is 18.3 Å². The molecule has 1 aromatic heterocycles. The number of para-hydroxylation sites is 1. The van der Waals surface area contributed by atoms with Gasteiger partial charge in [-0.2, -0.15) is 0 Å². The largest absolute Gasteiger partial charge is 0.507 e. The van der Waals surface area contributed by atoms with Gasteiger partial charge in [-0.05, 0) is 34.5 Å². The predicted octanol–water partition coefficient (Wildman–Crippen LogP) is 3.88. The van der Waals surface area contributed by atoms with E-state index in [2.05, 4.69) is 17.5 Å². The summed E-state index contributed by atoms with van der Waals surface area (Å²) in [7, 11) is 1.75. The topological polar surface area (TPSA) is 40.5 Å². The Labute approximate surface area is 127 Å². The number of benzene rings is 2. The van der Waals surface area contributed by atoms with Crippen molar-refractivity contribution in [1.29, 1.82) is 0 Å². The molecule has 106 valence electrons. The smallest absolute Gasteiger partial charge is 0.257 e. The van der Waals surface area contributed by atoms with Gasteiger partial charge in [0.15, 0.2) is 0 Å². The van der Waals surface area contributed by atoms with E-state index in [1.807, 2.05) is 12.1 Å². The molecule has 0 saturated heterocycles. The third kappa shape index (κ3) is 2.62. The van der Waals surface area contributed by atoms with Crippen LogP contribution in [0.2, 0.25) is 0 Å². The molecule has 3 nitrogen and oxygen atoms in total. The molecular weight excluding hydrogens is 282 g/mol. The summed E-state index contributed by atoms with van der Waals surface area (Å²) in [5.41, 5.74) is 1.46. The van der Waals surface area contributed by atoms with Crippen LogP contribution in [0.5, 0.6) is 5.75 Å². The molecule has 0 aliphatic heterocycles. The van der Waals surface area contributed by atoms with Crippen molar-refractivity contribution in [2.75, 3.05) is 7.05 Å². The van der Waals surface area contributed by atoms with Crippen molar-refractivity contribution in [2.24, 2.45) is 0 Å². The summed E-state index contributed by atoms with van der Waals surface area (Å²) in [4.78, 5) is 14.0. The van der Waals surface area contributed by atoms with Crippen molar-refractivity contribution >= 4 is 27.3 Å². The Morgan fingerprint density at radius 3 is 2.67 bits per heavy atom. The number of amides is 1. The second-order valence-electron chi connectivity index (χ2n) is 4.94. The highest BCUT2D eigenvalue weighted by atomic mass is 32.1. The number of carbonyl (C=O) groups is 1. The molecule has 2 aromatic carbocycles. The average molecular weight is 297 g/mol. The Kier molecular flexibility index (Phi) is 3.62. The number of phenolic OH excluding ortho intramolecular Hbond substituents is 1. The van der Waals surface area contributed by atoms with Gasteiger partial charge in [-0.3, -0.25) is 4.79 Å². The maximum Gasteiger partial charge on any atom is 0.257 e. The number of rotatable bonds is 3. The molecule has 0 radical (unpaired) electrons. The zero-order valence-electron chi connectivity index (χ0n) is 11.6. The minimum atomic E-state index is -0.177. The van der Waals surface area contributed by atoms with E-state index in [0.717, 1.165) is 5.56 Å². The van der Waals surface area contributed by atoms with Crippen LogP contribution < -0.4 is 0 Å². The lowest BCUT2D eigenvalue weighted by molar-refractivity contribution is 0.0783. The van der Waals surface area contributed by atoms with Crippen molar-refractivity contribution in [1.82, 2.24) is 4.90 Å². The lowest BCUT2D eigenvalue weighted by Gasteiger charge is -2.17. The van der Waals surface area contributed by atoms with Gasteiger partial charge in [-0.25, -0.2) is 0 Å². The third-order valence-corrected chi connectivity index (χ3v) is 4.46. The fourth-order valence-corrected chi connectivity index (χ4v) is 3.30. The number of fused-ring (bicyclic) bond motifs is 1. The third-order valence-electron chi connectivity index (χ3n) is 3.45. The molecule has 0 saturated carbocycles. The van der Waals surface area contributed by atoms with Crippen LogP contribution in [-0.4, -0.2) is 23.0 Å². The quantitative estimate of drug-likeness (QED) is 0.797. The highest BCUT2D eigenvalue weighted by Crippen LogP contribution is 2.27. The van der Waals surface area contributed by atoms with Crippen molar-refractivity contribution < 1.29 is 9.90 Å². The lowest BCUT2D eigenvalue weighted by Crippen LogP contribution is -2.26.